The van der Waals surface area contributed by atoms with Gasteiger partial charge in [-0.15, -0.1) is 0 Å². The first-order chi connectivity index (χ1) is 8.41. The Bertz CT molecular complexity index is 281. The van der Waals surface area contributed by atoms with Crippen molar-refractivity contribution < 1.29 is 9.90 Å². The van der Waals surface area contributed by atoms with Crippen molar-refractivity contribution in [3.05, 3.63) is 0 Å². The molecule has 2 N–H and O–H groups in total. The average Bonchev–Trinajstić information content (AvgIpc) is 2.52. The quantitative estimate of drug-likeness (QED) is 0.791. The topological polar surface area (TPSA) is 52.6 Å². The van der Waals surface area contributed by atoms with Crippen LogP contribution in [0.25, 0.3) is 0 Å². The van der Waals surface area contributed by atoms with E-state index in [1.165, 1.54) is 0 Å². The molecular weight excluding hydrogens is 228 g/mol. The highest BCUT2D eigenvalue weighted by Gasteiger charge is 2.40. The van der Waals surface area contributed by atoms with Gasteiger partial charge in [0.15, 0.2) is 0 Å². The number of hydrogen-bond acceptors (Lipinski definition) is 3. The Morgan fingerprint density at radius 2 is 2.00 bits per heavy atom. The lowest BCUT2D eigenvalue weighted by Crippen LogP contribution is -2.55. The van der Waals surface area contributed by atoms with Crippen LogP contribution >= 0.6 is 0 Å². The van der Waals surface area contributed by atoms with Gasteiger partial charge in [0.2, 0.25) is 0 Å². The van der Waals surface area contributed by atoms with Crippen molar-refractivity contribution in [3.8, 4) is 0 Å². The summed E-state index contributed by atoms with van der Waals surface area (Å²) in [4.78, 5) is 14.1. The smallest absolute Gasteiger partial charge is 0.323 e. The maximum atomic E-state index is 11.7. The third kappa shape index (κ3) is 3.69. The first-order valence-electron chi connectivity index (χ1n) is 7.16. The van der Waals surface area contributed by atoms with Gasteiger partial charge in [-0.3, -0.25) is 10.1 Å². The maximum absolute atomic E-state index is 11.7. The minimum absolute atomic E-state index is 0.256. The largest absolute Gasteiger partial charge is 0.480 e. The van der Waals surface area contributed by atoms with Gasteiger partial charge in [0.05, 0.1) is 0 Å². The fourth-order valence-electron chi connectivity index (χ4n) is 2.67. The number of aliphatic carboxylic acids is 1. The minimum atomic E-state index is -0.723. The van der Waals surface area contributed by atoms with Gasteiger partial charge in [0.1, 0.15) is 5.54 Å². The van der Waals surface area contributed by atoms with E-state index in [2.05, 4.69) is 37.9 Å². The Labute approximate surface area is 111 Å². The Kier molecular flexibility index (Phi) is 5.60. The molecule has 1 rings (SSSR count). The predicted molar refractivity (Wildman–Crippen MR) is 73.8 cm³/mol. The van der Waals surface area contributed by atoms with E-state index >= 15 is 0 Å². The molecule has 0 spiro atoms. The van der Waals surface area contributed by atoms with Crippen LogP contribution in [0.3, 0.4) is 0 Å². The van der Waals surface area contributed by atoms with Crippen LogP contribution in [-0.2, 0) is 4.79 Å². The average molecular weight is 256 g/mol. The summed E-state index contributed by atoms with van der Waals surface area (Å²) in [5.74, 6) is -0.687. The van der Waals surface area contributed by atoms with Gasteiger partial charge >= 0.3 is 5.97 Å². The van der Waals surface area contributed by atoms with Crippen LogP contribution in [0, 0.1) is 0 Å². The molecule has 2 atom stereocenters. The molecule has 1 aliphatic rings. The molecule has 0 saturated carbocycles. The molecule has 1 aliphatic heterocycles. The van der Waals surface area contributed by atoms with Gasteiger partial charge in [-0.05, 0) is 53.0 Å². The number of rotatable bonds is 5. The second-order valence-corrected chi connectivity index (χ2v) is 5.82. The van der Waals surface area contributed by atoms with Crippen molar-refractivity contribution in [3.63, 3.8) is 0 Å². The monoisotopic (exact) mass is 256 g/mol. The van der Waals surface area contributed by atoms with Crippen molar-refractivity contribution in [2.24, 2.45) is 0 Å². The summed E-state index contributed by atoms with van der Waals surface area (Å²) in [6, 6.07) is 0.755. The van der Waals surface area contributed by atoms with E-state index in [1.54, 1.807) is 0 Å². The fourth-order valence-corrected chi connectivity index (χ4v) is 2.67. The molecule has 0 radical (unpaired) electrons. The molecular formula is C14H28N2O2. The summed E-state index contributed by atoms with van der Waals surface area (Å²) < 4.78 is 0. The Hall–Kier alpha value is -0.610. The van der Waals surface area contributed by atoms with Crippen LogP contribution < -0.4 is 5.32 Å². The summed E-state index contributed by atoms with van der Waals surface area (Å²) >= 11 is 0. The first-order valence-corrected chi connectivity index (χ1v) is 7.16. The zero-order valence-corrected chi connectivity index (χ0v) is 12.2. The highest BCUT2D eigenvalue weighted by molar-refractivity contribution is 5.78. The van der Waals surface area contributed by atoms with Gasteiger partial charge in [-0.1, -0.05) is 6.92 Å². The number of carboxylic acids is 1. The zero-order chi connectivity index (χ0) is 13.8. The zero-order valence-electron chi connectivity index (χ0n) is 12.2. The molecule has 2 unspecified atom stereocenters. The fraction of sp³-hybridized carbons (Fsp3) is 0.929. The molecule has 0 bridgehead atoms. The van der Waals surface area contributed by atoms with Crippen LogP contribution in [0.5, 0.6) is 0 Å². The Balaban J connectivity index is 2.76. The van der Waals surface area contributed by atoms with Gasteiger partial charge in [0, 0.05) is 18.6 Å². The van der Waals surface area contributed by atoms with Gasteiger partial charge in [0.25, 0.3) is 0 Å². The lowest BCUT2D eigenvalue weighted by Gasteiger charge is -2.33. The highest BCUT2D eigenvalue weighted by atomic mass is 16.4. The van der Waals surface area contributed by atoms with E-state index in [9.17, 15) is 9.90 Å². The third-order valence-corrected chi connectivity index (χ3v) is 4.15. The van der Waals surface area contributed by atoms with E-state index in [0.717, 1.165) is 32.4 Å². The highest BCUT2D eigenvalue weighted by Crippen LogP contribution is 2.25. The maximum Gasteiger partial charge on any atom is 0.323 e. The molecule has 1 heterocycles. The second kappa shape index (κ2) is 6.53. The standard InChI is InChI=1S/C14H28N2O2/c1-5-12(4)15-14(13(17)18)7-6-9-16(10-8-14)11(2)3/h11-12,15H,5-10H2,1-4H3,(H,17,18). The van der Waals surface area contributed by atoms with Crippen molar-refractivity contribution in [1.82, 2.24) is 10.2 Å². The summed E-state index contributed by atoms with van der Waals surface area (Å²) in [5, 5.41) is 13.0. The van der Waals surface area contributed by atoms with E-state index in [-0.39, 0.29) is 6.04 Å². The van der Waals surface area contributed by atoms with Crippen molar-refractivity contribution in [2.75, 3.05) is 13.1 Å². The second-order valence-electron chi connectivity index (χ2n) is 5.82. The Morgan fingerprint density at radius 3 is 2.50 bits per heavy atom. The summed E-state index contributed by atoms with van der Waals surface area (Å²) in [7, 11) is 0. The van der Waals surface area contributed by atoms with Gasteiger partial charge in [-0.25, -0.2) is 0 Å². The molecule has 0 aromatic carbocycles. The SMILES string of the molecule is CCC(C)NC1(C(=O)O)CCCN(C(C)C)CC1. The first kappa shape index (κ1) is 15.4. The normalized spacial score (nSPS) is 28.1. The van der Waals surface area contributed by atoms with Crippen molar-refractivity contribution in [1.29, 1.82) is 0 Å². The molecule has 1 saturated heterocycles. The Morgan fingerprint density at radius 1 is 1.33 bits per heavy atom. The van der Waals surface area contributed by atoms with Gasteiger partial charge < -0.3 is 10.0 Å². The lowest BCUT2D eigenvalue weighted by molar-refractivity contribution is -0.146. The van der Waals surface area contributed by atoms with Crippen LogP contribution in [0.2, 0.25) is 0 Å². The predicted octanol–water partition coefficient (Wildman–Crippen LogP) is 2.09. The number of carbonyl (C=O) groups is 1. The summed E-state index contributed by atoms with van der Waals surface area (Å²) in [6.45, 7) is 10.4. The molecule has 0 aliphatic carbocycles. The summed E-state index contributed by atoms with van der Waals surface area (Å²) in [6.07, 6.45) is 3.34. The lowest BCUT2D eigenvalue weighted by atomic mass is 9.89. The van der Waals surface area contributed by atoms with Crippen LogP contribution in [0.15, 0.2) is 0 Å². The number of hydrogen-bond donors (Lipinski definition) is 2. The van der Waals surface area contributed by atoms with Crippen LogP contribution in [-0.4, -0.2) is 46.7 Å². The molecule has 0 aromatic rings. The molecule has 18 heavy (non-hydrogen) atoms. The van der Waals surface area contributed by atoms with E-state index in [1.807, 2.05) is 0 Å². The molecule has 4 nitrogen and oxygen atoms in total. The van der Waals surface area contributed by atoms with Crippen molar-refractivity contribution in [2.45, 2.75) is 71.0 Å². The van der Waals surface area contributed by atoms with E-state index in [4.69, 9.17) is 0 Å². The molecule has 1 fully saturated rings. The molecule has 106 valence electrons. The molecule has 4 heteroatoms. The van der Waals surface area contributed by atoms with Crippen molar-refractivity contribution >= 4 is 5.97 Å². The van der Waals surface area contributed by atoms with Crippen LogP contribution in [0.4, 0.5) is 0 Å². The number of likely N-dealkylation sites (tertiary alicyclic amines) is 1. The van der Waals surface area contributed by atoms with E-state index in [0.29, 0.717) is 12.5 Å². The molecule has 0 aromatic heterocycles. The number of carboxylic acid groups (broad SMARTS) is 1. The van der Waals surface area contributed by atoms with E-state index < -0.39 is 11.5 Å². The third-order valence-electron chi connectivity index (χ3n) is 4.15. The number of nitrogens with zero attached hydrogens (tertiary/aromatic N) is 1. The molecule has 0 amide bonds. The summed E-state index contributed by atoms with van der Waals surface area (Å²) in [5.41, 5.74) is -0.723. The minimum Gasteiger partial charge on any atom is -0.480 e. The van der Waals surface area contributed by atoms with Gasteiger partial charge in [-0.2, -0.15) is 0 Å². The number of nitrogens with one attached hydrogen (secondary N) is 1. The van der Waals surface area contributed by atoms with Crippen LogP contribution in [0.1, 0.15) is 53.4 Å².